The predicted molar refractivity (Wildman–Crippen MR) is 122 cm³/mol. The number of carbonyl (C=O) groups is 1. The molecule has 8 heteroatoms. The van der Waals surface area contributed by atoms with Crippen LogP contribution in [0.15, 0.2) is 59.7 Å². The highest BCUT2D eigenvalue weighted by Crippen LogP contribution is 2.26. The van der Waals surface area contributed by atoms with Crippen molar-refractivity contribution in [3.63, 3.8) is 0 Å². The number of aryl methyl sites for hydroxylation is 1. The number of rotatable bonds is 4. The summed E-state index contributed by atoms with van der Waals surface area (Å²) in [6.45, 7) is 7.72. The number of anilines is 1. The van der Waals surface area contributed by atoms with Crippen LogP contribution in [-0.2, 0) is 16.8 Å². The molecule has 0 spiro atoms. The second kappa shape index (κ2) is 8.03. The van der Waals surface area contributed by atoms with Crippen LogP contribution >= 0.6 is 0 Å². The molecule has 7 nitrogen and oxygen atoms in total. The quantitative estimate of drug-likeness (QED) is 0.528. The van der Waals surface area contributed by atoms with E-state index < -0.39 is 5.91 Å². The predicted octanol–water partition coefficient (Wildman–Crippen LogP) is 3.97. The smallest absolute Gasteiger partial charge is 0.261 e. The molecule has 4 aromatic rings. The van der Waals surface area contributed by atoms with E-state index in [4.69, 9.17) is 0 Å². The number of carbonyl (C=O) groups excluding carboxylic acids is 1. The fraction of sp³-hybridized carbons (Fsp3) is 0.250. The molecule has 2 heterocycles. The van der Waals surface area contributed by atoms with Gasteiger partial charge in [-0.05, 0) is 42.8 Å². The van der Waals surface area contributed by atoms with Crippen molar-refractivity contribution in [3.8, 4) is 5.69 Å². The lowest BCUT2D eigenvalue weighted by atomic mass is 9.92. The largest absolute Gasteiger partial charge is 0.309 e. The van der Waals surface area contributed by atoms with E-state index in [0.717, 1.165) is 11.3 Å². The Morgan fingerprint density at radius 3 is 2.53 bits per heavy atom. The Hall–Kier alpha value is -3.81. The fourth-order valence-electron chi connectivity index (χ4n) is 3.40. The minimum absolute atomic E-state index is 0.199. The molecule has 0 atom stereocenters. The normalized spacial score (nSPS) is 11.7. The Kier molecular flexibility index (Phi) is 5.38. The molecule has 2 aromatic carbocycles. The number of nitrogens with one attached hydrogen (secondary N) is 1. The van der Waals surface area contributed by atoms with Gasteiger partial charge in [0.2, 0.25) is 5.91 Å². The number of aromatic nitrogens is 4. The van der Waals surface area contributed by atoms with Crippen molar-refractivity contribution in [2.45, 2.75) is 39.7 Å². The van der Waals surface area contributed by atoms with Crippen LogP contribution in [0.2, 0.25) is 0 Å². The van der Waals surface area contributed by atoms with Gasteiger partial charge in [-0.15, -0.1) is 0 Å². The lowest BCUT2D eigenvalue weighted by molar-refractivity contribution is -0.116. The molecular weight excluding hydrogens is 409 g/mol. The monoisotopic (exact) mass is 433 g/mol. The number of hydrogen-bond acceptors (Lipinski definition) is 4. The molecule has 32 heavy (non-hydrogen) atoms. The van der Waals surface area contributed by atoms with Crippen LogP contribution in [0.4, 0.5) is 10.2 Å². The van der Waals surface area contributed by atoms with Gasteiger partial charge in [0, 0.05) is 11.5 Å². The minimum atomic E-state index is -0.398. The van der Waals surface area contributed by atoms with Gasteiger partial charge in [0.15, 0.2) is 0 Å². The van der Waals surface area contributed by atoms with E-state index in [9.17, 15) is 14.0 Å². The van der Waals surface area contributed by atoms with E-state index in [1.165, 1.54) is 23.0 Å². The topological polar surface area (TPSA) is 81.8 Å². The maximum Gasteiger partial charge on any atom is 0.261 e. The Labute approximate surface area is 184 Å². The maximum atomic E-state index is 13.4. The Morgan fingerprint density at radius 2 is 1.84 bits per heavy atom. The molecule has 0 aliphatic carbocycles. The van der Waals surface area contributed by atoms with E-state index >= 15 is 0 Å². The Bertz CT molecular complexity index is 1360. The molecule has 164 valence electrons. The Balaban J connectivity index is 1.65. The highest BCUT2D eigenvalue weighted by molar-refractivity contribution is 5.90. The average Bonchev–Trinajstić information content (AvgIpc) is 3.15. The molecule has 0 aliphatic rings. The molecule has 1 amide bonds. The average molecular weight is 433 g/mol. The molecule has 0 saturated heterocycles. The van der Waals surface area contributed by atoms with Crippen LogP contribution in [-0.4, -0.2) is 25.2 Å². The second-order valence-corrected chi connectivity index (χ2v) is 8.75. The van der Waals surface area contributed by atoms with Gasteiger partial charge in [-0.25, -0.2) is 14.1 Å². The van der Waals surface area contributed by atoms with Crippen LogP contribution in [0, 0.1) is 12.7 Å². The third-order valence-corrected chi connectivity index (χ3v) is 5.19. The van der Waals surface area contributed by atoms with Gasteiger partial charge < -0.3 is 5.32 Å². The van der Waals surface area contributed by atoms with Crippen LogP contribution in [0.5, 0.6) is 0 Å². The number of hydrogen-bond donors (Lipinski definition) is 1. The minimum Gasteiger partial charge on any atom is -0.309 e. The zero-order chi connectivity index (χ0) is 23.0. The number of benzene rings is 2. The summed E-state index contributed by atoms with van der Waals surface area (Å²) in [7, 11) is 0. The summed E-state index contributed by atoms with van der Waals surface area (Å²) in [5.41, 5.74) is 2.35. The lowest BCUT2D eigenvalue weighted by Crippen LogP contribution is -2.28. The molecule has 0 saturated carbocycles. The molecule has 0 unspecified atom stereocenters. The van der Waals surface area contributed by atoms with Crippen LogP contribution in [0.25, 0.3) is 16.6 Å². The standard InChI is InChI=1S/C24H24FN5O2/c1-15-6-5-7-18-22(15)26-14-29(23(18)32)13-21(31)27-20-12-19(24(2,3)4)28-30(20)17-10-8-16(25)9-11-17/h5-12,14H,13H2,1-4H3,(H,27,31). The zero-order valence-corrected chi connectivity index (χ0v) is 18.4. The molecule has 0 fully saturated rings. The molecule has 2 aromatic heterocycles. The summed E-state index contributed by atoms with van der Waals surface area (Å²) in [5, 5.41) is 7.90. The zero-order valence-electron chi connectivity index (χ0n) is 18.4. The van der Waals surface area contributed by atoms with Crippen LogP contribution < -0.4 is 10.9 Å². The first-order chi connectivity index (χ1) is 15.1. The van der Waals surface area contributed by atoms with Crippen LogP contribution in [0.1, 0.15) is 32.0 Å². The SMILES string of the molecule is Cc1cccc2c(=O)n(CC(=O)Nc3cc(C(C)(C)C)nn3-c3ccc(F)cc3)cnc12. The number of amides is 1. The Morgan fingerprint density at radius 1 is 1.12 bits per heavy atom. The molecule has 0 radical (unpaired) electrons. The summed E-state index contributed by atoms with van der Waals surface area (Å²) >= 11 is 0. The highest BCUT2D eigenvalue weighted by atomic mass is 19.1. The van der Waals surface area contributed by atoms with Crippen molar-refractivity contribution in [2.24, 2.45) is 0 Å². The molecule has 4 rings (SSSR count). The van der Waals surface area contributed by atoms with E-state index in [1.54, 1.807) is 35.0 Å². The third-order valence-electron chi connectivity index (χ3n) is 5.19. The summed E-state index contributed by atoms with van der Waals surface area (Å²) in [6, 6.07) is 13.0. The number of para-hydroxylation sites is 1. The first kappa shape index (κ1) is 21.4. The van der Waals surface area contributed by atoms with Crippen molar-refractivity contribution in [3.05, 3.63) is 82.3 Å². The molecule has 0 bridgehead atoms. The van der Waals surface area contributed by atoms with Crippen molar-refractivity contribution in [1.29, 1.82) is 0 Å². The van der Waals surface area contributed by atoms with Gasteiger partial charge in [-0.1, -0.05) is 32.9 Å². The highest BCUT2D eigenvalue weighted by Gasteiger charge is 2.22. The number of nitrogens with zero attached hydrogens (tertiary/aromatic N) is 4. The summed E-state index contributed by atoms with van der Waals surface area (Å²) in [4.78, 5) is 30.0. The van der Waals surface area contributed by atoms with Gasteiger partial charge >= 0.3 is 0 Å². The van der Waals surface area contributed by atoms with Gasteiger partial charge in [0.05, 0.1) is 28.6 Å². The van der Waals surface area contributed by atoms with Crippen molar-refractivity contribution >= 4 is 22.6 Å². The number of fused-ring (bicyclic) bond motifs is 1. The number of halogens is 1. The van der Waals surface area contributed by atoms with Crippen molar-refractivity contribution in [1.82, 2.24) is 19.3 Å². The summed E-state index contributed by atoms with van der Waals surface area (Å²) < 4.78 is 16.2. The fourth-order valence-corrected chi connectivity index (χ4v) is 3.40. The third kappa shape index (κ3) is 4.16. The van der Waals surface area contributed by atoms with Gasteiger partial charge in [-0.2, -0.15) is 5.10 Å². The van der Waals surface area contributed by atoms with Gasteiger partial charge in [0.25, 0.3) is 5.56 Å². The second-order valence-electron chi connectivity index (χ2n) is 8.75. The van der Waals surface area contributed by atoms with E-state index in [1.807, 2.05) is 33.8 Å². The van der Waals surface area contributed by atoms with Crippen LogP contribution in [0.3, 0.4) is 0 Å². The molecule has 1 N–H and O–H groups in total. The van der Waals surface area contributed by atoms with Gasteiger partial charge in [-0.3, -0.25) is 14.2 Å². The van der Waals surface area contributed by atoms with E-state index in [2.05, 4.69) is 15.4 Å². The molecular formula is C24H24FN5O2. The van der Waals surface area contributed by atoms with Crippen molar-refractivity contribution < 1.29 is 9.18 Å². The van der Waals surface area contributed by atoms with E-state index in [0.29, 0.717) is 22.4 Å². The lowest BCUT2D eigenvalue weighted by Gasteiger charge is -2.14. The summed E-state index contributed by atoms with van der Waals surface area (Å²) in [5.74, 6) is -0.324. The first-order valence-corrected chi connectivity index (χ1v) is 10.2. The summed E-state index contributed by atoms with van der Waals surface area (Å²) in [6.07, 6.45) is 1.38. The van der Waals surface area contributed by atoms with E-state index in [-0.39, 0.29) is 23.3 Å². The maximum absolute atomic E-state index is 13.4. The van der Waals surface area contributed by atoms with Gasteiger partial charge in [0.1, 0.15) is 18.2 Å². The first-order valence-electron chi connectivity index (χ1n) is 10.2. The molecule has 0 aliphatic heterocycles. The van der Waals surface area contributed by atoms with Crippen molar-refractivity contribution in [2.75, 3.05) is 5.32 Å².